The molecule has 0 fully saturated rings. The first kappa shape index (κ1) is 11.7. The fraction of sp³-hybridized carbons (Fsp3) is 0.200. The van der Waals surface area contributed by atoms with Crippen LogP contribution in [0.25, 0.3) is 22.3 Å². The van der Waals surface area contributed by atoms with Crippen LogP contribution in [-0.2, 0) is 0 Å². The van der Waals surface area contributed by atoms with Crippen molar-refractivity contribution in [2.24, 2.45) is 0 Å². The van der Waals surface area contributed by atoms with E-state index in [-0.39, 0.29) is 0 Å². The fourth-order valence-electron chi connectivity index (χ4n) is 2.14. The fourth-order valence-corrected chi connectivity index (χ4v) is 2.14. The normalized spacial score (nSPS) is 10.9. The van der Waals surface area contributed by atoms with Gasteiger partial charge in [0.05, 0.1) is 5.52 Å². The maximum atomic E-state index is 4.40. The van der Waals surface area contributed by atoms with Crippen LogP contribution in [0.4, 0.5) is 5.69 Å². The maximum absolute atomic E-state index is 4.40. The van der Waals surface area contributed by atoms with E-state index in [2.05, 4.69) is 50.2 Å². The van der Waals surface area contributed by atoms with Crippen molar-refractivity contribution in [3.8, 4) is 11.1 Å². The molecule has 19 heavy (non-hydrogen) atoms. The van der Waals surface area contributed by atoms with E-state index in [1.54, 1.807) is 0 Å². The van der Waals surface area contributed by atoms with Crippen molar-refractivity contribution in [3.63, 3.8) is 0 Å². The average molecular weight is 252 g/mol. The van der Waals surface area contributed by atoms with E-state index in [4.69, 9.17) is 0 Å². The SMILES string of the molecule is Cc1nc2ncc(-c3cccc(N(C)C)c3)cc2[nH]1. The van der Waals surface area contributed by atoms with Crippen LogP contribution < -0.4 is 4.90 Å². The number of aromatic nitrogens is 3. The summed E-state index contributed by atoms with van der Waals surface area (Å²) in [6.45, 7) is 1.94. The minimum absolute atomic E-state index is 0.769. The third-order valence-corrected chi connectivity index (χ3v) is 3.15. The van der Waals surface area contributed by atoms with Gasteiger partial charge in [-0.1, -0.05) is 12.1 Å². The molecular weight excluding hydrogens is 236 g/mol. The van der Waals surface area contributed by atoms with Crippen molar-refractivity contribution in [2.45, 2.75) is 6.92 Å². The van der Waals surface area contributed by atoms with Crippen LogP contribution in [0.3, 0.4) is 0 Å². The lowest BCUT2D eigenvalue weighted by Gasteiger charge is -2.13. The second kappa shape index (κ2) is 4.39. The number of anilines is 1. The van der Waals surface area contributed by atoms with Crippen molar-refractivity contribution in [1.29, 1.82) is 0 Å². The number of fused-ring (bicyclic) bond motifs is 1. The van der Waals surface area contributed by atoms with Crippen molar-refractivity contribution < 1.29 is 0 Å². The number of nitrogens with one attached hydrogen (secondary N) is 1. The van der Waals surface area contributed by atoms with Crippen LogP contribution in [0.2, 0.25) is 0 Å². The zero-order chi connectivity index (χ0) is 13.4. The number of pyridine rings is 1. The van der Waals surface area contributed by atoms with Crippen molar-refractivity contribution in [3.05, 3.63) is 42.4 Å². The Kier molecular flexibility index (Phi) is 2.71. The lowest BCUT2D eigenvalue weighted by atomic mass is 10.1. The van der Waals surface area contributed by atoms with Crippen LogP contribution >= 0.6 is 0 Å². The monoisotopic (exact) mass is 252 g/mol. The Hall–Kier alpha value is -2.36. The summed E-state index contributed by atoms with van der Waals surface area (Å²) in [6.07, 6.45) is 1.87. The molecule has 96 valence electrons. The first-order valence-corrected chi connectivity index (χ1v) is 6.23. The number of benzene rings is 1. The summed E-state index contributed by atoms with van der Waals surface area (Å²) >= 11 is 0. The maximum Gasteiger partial charge on any atom is 0.177 e. The van der Waals surface area contributed by atoms with Gasteiger partial charge in [-0.15, -0.1) is 0 Å². The number of aryl methyl sites for hydroxylation is 1. The predicted molar refractivity (Wildman–Crippen MR) is 78.4 cm³/mol. The number of rotatable bonds is 2. The molecule has 0 saturated heterocycles. The smallest absolute Gasteiger partial charge is 0.177 e. The quantitative estimate of drug-likeness (QED) is 0.762. The minimum Gasteiger partial charge on any atom is -0.378 e. The van der Waals surface area contributed by atoms with Crippen LogP contribution in [0.1, 0.15) is 5.82 Å². The molecule has 0 unspecified atom stereocenters. The van der Waals surface area contributed by atoms with Gasteiger partial charge < -0.3 is 9.88 Å². The Morgan fingerprint density at radius 2 is 1.95 bits per heavy atom. The number of hydrogen-bond donors (Lipinski definition) is 1. The minimum atomic E-state index is 0.769. The number of H-pyrrole nitrogens is 1. The largest absolute Gasteiger partial charge is 0.378 e. The van der Waals surface area contributed by atoms with Gasteiger partial charge in [-0.2, -0.15) is 0 Å². The summed E-state index contributed by atoms with van der Waals surface area (Å²) in [6, 6.07) is 10.5. The molecule has 2 aromatic heterocycles. The van der Waals surface area contributed by atoms with E-state index in [0.29, 0.717) is 0 Å². The molecule has 0 aliphatic rings. The Morgan fingerprint density at radius 3 is 2.74 bits per heavy atom. The van der Waals surface area contributed by atoms with Crippen molar-refractivity contribution >= 4 is 16.9 Å². The summed E-state index contributed by atoms with van der Waals surface area (Å²) in [5, 5.41) is 0. The second-order valence-corrected chi connectivity index (χ2v) is 4.86. The van der Waals surface area contributed by atoms with Crippen LogP contribution in [0.15, 0.2) is 36.5 Å². The second-order valence-electron chi connectivity index (χ2n) is 4.86. The Balaban J connectivity index is 2.10. The van der Waals surface area contributed by atoms with E-state index in [0.717, 1.165) is 28.1 Å². The summed E-state index contributed by atoms with van der Waals surface area (Å²) in [7, 11) is 4.08. The van der Waals surface area contributed by atoms with E-state index >= 15 is 0 Å². The van der Waals surface area contributed by atoms with Gasteiger partial charge in [0.15, 0.2) is 5.65 Å². The molecular formula is C15H16N4. The molecule has 0 amide bonds. The molecule has 0 spiro atoms. The van der Waals surface area contributed by atoms with Gasteiger partial charge in [-0.05, 0) is 30.7 Å². The molecule has 4 nitrogen and oxygen atoms in total. The highest BCUT2D eigenvalue weighted by atomic mass is 15.1. The topological polar surface area (TPSA) is 44.8 Å². The molecule has 0 saturated carbocycles. The molecule has 0 atom stereocenters. The lowest BCUT2D eigenvalue weighted by Crippen LogP contribution is -2.08. The predicted octanol–water partition coefficient (Wildman–Crippen LogP) is 3.00. The highest BCUT2D eigenvalue weighted by molar-refractivity contribution is 5.79. The van der Waals surface area contributed by atoms with E-state index < -0.39 is 0 Å². The highest BCUT2D eigenvalue weighted by Gasteiger charge is 2.05. The number of nitrogens with zero attached hydrogens (tertiary/aromatic N) is 3. The molecule has 1 aromatic carbocycles. The van der Waals surface area contributed by atoms with Gasteiger partial charge in [0.25, 0.3) is 0 Å². The van der Waals surface area contributed by atoms with Gasteiger partial charge in [0.2, 0.25) is 0 Å². The first-order chi connectivity index (χ1) is 9.13. The first-order valence-electron chi connectivity index (χ1n) is 6.23. The number of imidazole rings is 1. The number of aromatic amines is 1. The molecule has 0 aliphatic heterocycles. The molecule has 4 heteroatoms. The standard InChI is InChI=1S/C15H16N4/c1-10-17-14-8-12(9-16-15(14)18-10)11-5-4-6-13(7-11)19(2)3/h4-9H,1-3H3,(H,16,17,18). The van der Waals surface area contributed by atoms with Crippen LogP contribution in [0.5, 0.6) is 0 Å². The highest BCUT2D eigenvalue weighted by Crippen LogP contribution is 2.25. The zero-order valence-corrected chi connectivity index (χ0v) is 11.3. The average Bonchev–Trinajstić information content (AvgIpc) is 2.77. The van der Waals surface area contributed by atoms with Crippen molar-refractivity contribution in [1.82, 2.24) is 15.0 Å². The number of hydrogen-bond acceptors (Lipinski definition) is 3. The van der Waals surface area contributed by atoms with Crippen molar-refractivity contribution in [2.75, 3.05) is 19.0 Å². The molecule has 0 radical (unpaired) electrons. The van der Waals surface area contributed by atoms with Gasteiger partial charge in [0.1, 0.15) is 5.82 Å². The molecule has 0 bridgehead atoms. The molecule has 2 heterocycles. The summed E-state index contributed by atoms with van der Waals surface area (Å²) in [5.74, 6) is 0.890. The Labute approximate surface area is 112 Å². The van der Waals surface area contributed by atoms with Crippen LogP contribution in [-0.4, -0.2) is 29.0 Å². The third-order valence-electron chi connectivity index (χ3n) is 3.15. The Bertz CT molecular complexity index is 728. The molecule has 3 aromatic rings. The summed E-state index contributed by atoms with van der Waals surface area (Å²) < 4.78 is 0. The Morgan fingerprint density at radius 1 is 1.11 bits per heavy atom. The summed E-state index contributed by atoms with van der Waals surface area (Å²) in [4.78, 5) is 14.0. The molecule has 1 N–H and O–H groups in total. The van der Waals surface area contributed by atoms with Gasteiger partial charge in [0, 0.05) is 31.5 Å². The van der Waals surface area contributed by atoms with E-state index in [1.807, 2.05) is 27.2 Å². The van der Waals surface area contributed by atoms with Gasteiger partial charge in [-0.25, -0.2) is 9.97 Å². The molecule has 0 aliphatic carbocycles. The van der Waals surface area contributed by atoms with Gasteiger partial charge >= 0.3 is 0 Å². The summed E-state index contributed by atoms with van der Waals surface area (Å²) in [5.41, 5.74) is 5.18. The third kappa shape index (κ3) is 2.17. The molecule has 3 rings (SSSR count). The lowest BCUT2D eigenvalue weighted by molar-refractivity contribution is 1.13. The van der Waals surface area contributed by atoms with Crippen LogP contribution in [0, 0.1) is 6.92 Å². The van der Waals surface area contributed by atoms with E-state index in [9.17, 15) is 0 Å². The zero-order valence-electron chi connectivity index (χ0n) is 11.3. The van der Waals surface area contributed by atoms with E-state index in [1.165, 1.54) is 5.69 Å². The van der Waals surface area contributed by atoms with Gasteiger partial charge in [-0.3, -0.25) is 0 Å².